The number of benzene rings is 1. The molecule has 6 heteroatoms. The van der Waals surface area contributed by atoms with Crippen LogP contribution in [0.25, 0.3) is 16.7 Å². The van der Waals surface area contributed by atoms with Crippen molar-refractivity contribution in [3.05, 3.63) is 30.1 Å². The summed E-state index contributed by atoms with van der Waals surface area (Å²) in [5, 5.41) is 17.2. The average Bonchev–Trinajstić information content (AvgIpc) is 2.98. The molecular formula is C14H14N6. The van der Waals surface area contributed by atoms with Gasteiger partial charge in [-0.1, -0.05) is 0 Å². The van der Waals surface area contributed by atoms with Gasteiger partial charge in [-0.05, 0) is 32.0 Å². The molecule has 3 aromatic rings. The minimum atomic E-state index is 0.602. The zero-order valence-electron chi connectivity index (χ0n) is 11.4. The Kier molecular flexibility index (Phi) is 2.95. The summed E-state index contributed by atoms with van der Waals surface area (Å²) in [5.74, 6) is 0.824. The fraction of sp³-hybridized carbons (Fsp3) is 0.286. The van der Waals surface area contributed by atoms with Gasteiger partial charge in [0, 0.05) is 13.1 Å². The van der Waals surface area contributed by atoms with E-state index < -0.39 is 0 Å². The van der Waals surface area contributed by atoms with E-state index >= 15 is 0 Å². The lowest BCUT2D eigenvalue weighted by molar-refractivity contribution is 0.848. The van der Waals surface area contributed by atoms with Crippen LogP contribution in [0.2, 0.25) is 0 Å². The molecule has 0 aliphatic heterocycles. The molecular weight excluding hydrogens is 252 g/mol. The Hall–Kier alpha value is -2.68. The van der Waals surface area contributed by atoms with Crippen molar-refractivity contribution in [3.8, 4) is 6.07 Å². The third kappa shape index (κ3) is 1.75. The van der Waals surface area contributed by atoms with Gasteiger partial charge in [0.15, 0.2) is 5.82 Å². The first-order valence-electron chi connectivity index (χ1n) is 6.57. The second-order valence-electron chi connectivity index (χ2n) is 4.45. The maximum Gasteiger partial charge on any atom is 0.204 e. The van der Waals surface area contributed by atoms with Crippen molar-refractivity contribution >= 4 is 22.5 Å². The number of hydrogen-bond donors (Lipinski definition) is 0. The summed E-state index contributed by atoms with van der Waals surface area (Å²) < 4.78 is 1.89. The smallest absolute Gasteiger partial charge is 0.204 e. The summed E-state index contributed by atoms with van der Waals surface area (Å²) in [6.45, 7) is 5.88. The van der Waals surface area contributed by atoms with Gasteiger partial charge in [0.1, 0.15) is 6.33 Å². The van der Waals surface area contributed by atoms with Gasteiger partial charge in [-0.2, -0.15) is 5.26 Å². The molecule has 100 valence electrons. The Morgan fingerprint density at radius 2 is 2.10 bits per heavy atom. The maximum atomic E-state index is 9.02. The first-order valence-corrected chi connectivity index (χ1v) is 6.57. The average molecular weight is 266 g/mol. The molecule has 0 unspecified atom stereocenters. The van der Waals surface area contributed by atoms with Crippen LogP contribution < -0.4 is 4.90 Å². The van der Waals surface area contributed by atoms with Crippen LogP contribution in [0.15, 0.2) is 24.5 Å². The van der Waals surface area contributed by atoms with E-state index in [1.165, 1.54) is 0 Å². The van der Waals surface area contributed by atoms with Crippen LogP contribution in [0.5, 0.6) is 0 Å². The highest BCUT2D eigenvalue weighted by Crippen LogP contribution is 2.23. The molecule has 1 aromatic carbocycles. The van der Waals surface area contributed by atoms with Gasteiger partial charge in [-0.25, -0.2) is 4.98 Å². The molecule has 0 aliphatic carbocycles. The standard InChI is InChI=1S/C14H14N6/c1-3-19(4-2)13-14-18-16-9-20(14)12-7-10(8-15)5-6-11(12)17-13/h5-7,9H,3-4H2,1-2H3. The monoisotopic (exact) mass is 266 g/mol. The fourth-order valence-electron chi connectivity index (χ4n) is 2.34. The van der Waals surface area contributed by atoms with Crippen LogP contribution in [-0.2, 0) is 0 Å². The SMILES string of the molecule is CCN(CC)c1nc2ccc(C#N)cc2n2cnnc12. The zero-order valence-corrected chi connectivity index (χ0v) is 11.4. The zero-order chi connectivity index (χ0) is 14.1. The molecule has 6 nitrogen and oxygen atoms in total. The van der Waals surface area contributed by atoms with Crippen LogP contribution in [-0.4, -0.2) is 32.7 Å². The van der Waals surface area contributed by atoms with Crippen LogP contribution in [0.1, 0.15) is 19.4 Å². The van der Waals surface area contributed by atoms with E-state index in [0.29, 0.717) is 5.56 Å². The second-order valence-corrected chi connectivity index (χ2v) is 4.45. The minimum Gasteiger partial charge on any atom is -0.354 e. The molecule has 0 amide bonds. The van der Waals surface area contributed by atoms with Gasteiger partial charge in [-0.15, -0.1) is 10.2 Å². The van der Waals surface area contributed by atoms with Crippen molar-refractivity contribution in [1.29, 1.82) is 5.26 Å². The molecule has 0 radical (unpaired) electrons. The highest BCUT2D eigenvalue weighted by molar-refractivity contribution is 5.83. The van der Waals surface area contributed by atoms with E-state index in [1.807, 2.05) is 16.5 Å². The number of aromatic nitrogens is 4. The topological polar surface area (TPSA) is 70.1 Å². The second kappa shape index (κ2) is 4.78. The molecule has 20 heavy (non-hydrogen) atoms. The van der Waals surface area contributed by atoms with Gasteiger partial charge in [0.25, 0.3) is 0 Å². The lowest BCUT2D eigenvalue weighted by Gasteiger charge is -2.20. The third-order valence-electron chi connectivity index (χ3n) is 3.40. The molecule has 3 rings (SSSR count). The van der Waals surface area contributed by atoms with E-state index in [1.54, 1.807) is 12.4 Å². The number of anilines is 1. The number of nitrogens with zero attached hydrogens (tertiary/aromatic N) is 6. The highest BCUT2D eigenvalue weighted by atomic mass is 15.3. The molecule has 0 fully saturated rings. The summed E-state index contributed by atoms with van der Waals surface area (Å²) in [6, 6.07) is 7.59. The van der Waals surface area contributed by atoms with Crippen molar-refractivity contribution in [2.24, 2.45) is 0 Å². The molecule has 0 bridgehead atoms. The van der Waals surface area contributed by atoms with E-state index in [0.717, 1.165) is 35.6 Å². The normalized spacial score (nSPS) is 10.8. The number of nitriles is 1. The van der Waals surface area contributed by atoms with Gasteiger partial charge < -0.3 is 4.90 Å². The summed E-state index contributed by atoms with van der Waals surface area (Å²) in [4.78, 5) is 6.83. The van der Waals surface area contributed by atoms with Gasteiger partial charge >= 0.3 is 0 Å². The van der Waals surface area contributed by atoms with E-state index in [2.05, 4.69) is 40.0 Å². The molecule has 0 aliphatic rings. The van der Waals surface area contributed by atoms with E-state index in [4.69, 9.17) is 5.26 Å². The van der Waals surface area contributed by atoms with Crippen molar-refractivity contribution in [1.82, 2.24) is 19.6 Å². The van der Waals surface area contributed by atoms with Crippen LogP contribution >= 0.6 is 0 Å². The summed E-state index contributed by atoms with van der Waals surface area (Å²) >= 11 is 0. The molecule has 2 aromatic heterocycles. The predicted molar refractivity (Wildman–Crippen MR) is 76.6 cm³/mol. The van der Waals surface area contributed by atoms with Crippen molar-refractivity contribution in [3.63, 3.8) is 0 Å². The van der Waals surface area contributed by atoms with Gasteiger partial charge in [-0.3, -0.25) is 4.40 Å². The Bertz CT molecular complexity index is 809. The fourth-order valence-corrected chi connectivity index (χ4v) is 2.34. The summed E-state index contributed by atoms with van der Waals surface area (Å²) in [6.07, 6.45) is 1.66. The molecule has 0 spiro atoms. The van der Waals surface area contributed by atoms with E-state index in [9.17, 15) is 0 Å². The van der Waals surface area contributed by atoms with Gasteiger partial charge in [0.05, 0.1) is 22.7 Å². The Labute approximate surface area is 116 Å². The number of hydrogen-bond acceptors (Lipinski definition) is 5. The lowest BCUT2D eigenvalue weighted by atomic mass is 10.2. The van der Waals surface area contributed by atoms with Crippen LogP contribution in [0.3, 0.4) is 0 Å². The van der Waals surface area contributed by atoms with Gasteiger partial charge in [0.2, 0.25) is 5.65 Å². The highest BCUT2D eigenvalue weighted by Gasteiger charge is 2.14. The Morgan fingerprint density at radius 1 is 1.30 bits per heavy atom. The number of rotatable bonds is 3. The maximum absolute atomic E-state index is 9.02. The van der Waals surface area contributed by atoms with Crippen molar-refractivity contribution in [2.45, 2.75) is 13.8 Å². The first kappa shape index (κ1) is 12.4. The Morgan fingerprint density at radius 3 is 2.80 bits per heavy atom. The molecule has 0 N–H and O–H groups in total. The molecule has 0 saturated heterocycles. The molecule has 0 atom stereocenters. The lowest BCUT2D eigenvalue weighted by Crippen LogP contribution is -2.24. The van der Waals surface area contributed by atoms with Crippen LogP contribution in [0, 0.1) is 11.3 Å². The predicted octanol–water partition coefficient (Wildman–Crippen LogP) is 2.00. The third-order valence-corrected chi connectivity index (χ3v) is 3.40. The summed E-state index contributed by atoms with van der Waals surface area (Å²) in [5.41, 5.74) is 3.00. The largest absolute Gasteiger partial charge is 0.354 e. The molecule has 2 heterocycles. The molecule has 0 saturated carbocycles. The van der Waals surface area contributed by atoms with Crippen molar-refractivity contribution < 1.29 is 0 Å². The first-order chi connectivity index (χ1) is 9.78. The quantitative estimate of drug-likeness (QED) is 0.725. The number of fused-ring (bicyclic) bond motifs is 3. The van der Waals surface area contributed by atoms with Crippen molar-refractivity contribution in [2.75, 3.05) is 18.0 Å². The van der Waals surface area contributed by atoms with Crippen LogP contribution in [0.4, 0.5) is 5.82 Å². The van der Waals surface area contributed by atoms with E-state index in [-0.39, 0.29) is 0 Å². The summed E-state index contributed by atoms with van der Waals surface area (Å²) in [7, 11) is 0. The minimum absolute atomic E-state index is 0.602. The Balaban J connectivity index is 2.37.